The lowest BCUT2D eigenvalue weighted by Gasteiger charge is -2.06. The Balaban J connectivity index is 1.82. The number of aromatic nitrogens is 4. The average molecular weight is 344 g/mol. The van der Waals surface area contributed by atoms with Crippen molar-refractivity contribution in [3.63, 3.8) is 0 Å². The number of fused-ring (bicyclic) bond motifs is 1. The molecule has 0 unspecified atom stereocenters. The van der Waals surface area contributed by atoms with Crippen molar-refractivity contribution in [2.75, 3.05) is 0 Å². The third-order valence-electron chi connectivity index (χ3n) is 3.70. The van der Waals surface area contributed by atoms with Gasteiger partial charge in [0.1, 0.15) is 12.4 Å². The SMILES string of the molecule is FC(F)(F)c1noc(Cn2c(-c3ccccc3)nc3ccccc32)n1. The first-order valence-electron chi connectivity index (χ1n) is 7.43. The van der Waals surface area contributed by atoms with Crippen LogP contribution in [0.15, 0.2) is 59.1 Å². The lowest BCUT2D eigenvalue weighted by atomic mass is 10.2. The van der Waals surface area contributed by atoms with Gasteiger partial charge in [0.15, 0.2) is 0 Å². The predicted octanol–water partition coefficient (Wildman–Crippen LogP) is 4.15. The van der Waals surface area contributed by atoms with E-state index >= 15 is 0 Å². The number of hydrogen-bond acceptors (Lipinski definition) is 4. The van der Waals surface area contributed by atoms with Crippen LogP contribution in [-0.2, 0) is 12.7 Å². The zero-order valence-electron chi connectivity index (χ0n) is 12.7. The maximum Gasteiger partial charge on any atom is 0.455 e. The third kappa shape index (κ3) is 2.86. The summed E-state index contributed by atoms with van der Waals surface area (Å²) >= 11 is 0. The normalized spacial score (nSPS) is 12.0. The van der Waals surface area contributed by atoms with Gasteiger partial charge in [0.05, 0.1) is 11.0 Å². The first-order chi connectivity index (χ1) is 12.0. The lowest BCUT2D eigenvalue weighted by molar-refractivity contribution is -0.146. The van der Waals surface area contributed by atoms with Gasteiger partial charge in [-0.25, -0.2) is 4.98 Å². The highest BCUT2D eigenvalue weighted by Crippen LogP contribution is 2.28. The molecule has 5 nitrogen and oxygen atoms in total. The molecule has 0 N–H and O–H groups in total. The molecule has 0 spiro atoms. The van der Waals surface area contributed by atoms with Crippen LogP contribution in [0.3, 0.4) is 0 Å². The molecule has 0 aliphatic carbocycles. The third-order valence-corrected chi connectivity index (χ3v) is 3.70. The van der Waals surface area contributed by atoms with Crippen LogP contribution in [-0.4, -0.2) is 19.7 Å². The van der Waals surface area contributed by atoms with Crippen molar-refractivity contribution in [1.29, 1.82) is 0 Å². The monoisotopic (exact) mass is 344 g/mol. The zero-order valence-corrected chi connectivity index (χ0v) is 12.7. The highest BCUT2D eigenvalue weighted by atomic mass is 19.4. The topological polar surface area (TPSA) is 56.7 Å². The van der Waals surface area contributed by atoms with Gasteiger partial charge in [0.2, 0.25) is 5.89 Å². The number of halogens is 3. The highest BCUT2D eigenvalue weighted by Gasteiger charge is 2.37. The van der Waals surface area contributed by atoms with Crippen molar-refractivity contribution in [3.05, 3.63) is 66.3 Å². The molecule has 0 aliphatic heterocycles. The number of benzene rings is 2. The molecule has 25 heavy (non-hydrogen) atoms. The number of alkyl halides is 3. The van der Waals surface area contributed by atoms with Crippen LogP contribution < -0.4 is 0 Å². The van der Waals surface area contributed by atoms with E-state index < -0.39 is 12.0 Å². The van der Waals surface area contributed by atoms with Crippen LogP contribution in [0.2, 0.25) is 0 Å². The second-order valence-corrected chi connectivity index (χ2v) is 5.39. The number of imidazole rings is 1. The van der Waals surface area contributed by atoms with E-state index in [1.165, 1.54) is 0 Å². The van der Waals surface area contributed by atoms with E-state index in [-0.39, 0.29) is 12.4 Å². The Hall–Kier alpha value is -3.16. The van der Waals surface area contributed by atoms with Gasteiger partial charge in [-0.15, -0.1) is 0 Å². The summed E-state index contributed by atoms with van der Waals surface area (Å²) in [6, 6.07) is 16.8. The second kappa shape index (κ2) is 5.73. The minimum atomic E-state index is -4.64. The van der Waals surface area contributed by atoms with Gasteiger partial charge in [0.25, 0.3) is 5.82 Å². The maximum atomic E-state index is 12.7. The Morgan fingerprint density at radius 1 is 0.920 bits per heavy atom. The first kappa shape index (κ1) is 15.4. The molecule has 0 saturated carbocycles. The molecule has 0 atom stereocenters. The van der Waals surface area contributed by atoms with E-state index in [1.54, 1.807) is 4.57 Å². The molecule has 8 heteroatoms. The molecule has 0 aliphatic rings. The fourth-order valence-electron chi connectivity index (χ4n) is 2.61. The van der Waals surface area contributed by atoms with Crippen molar-refractivity contribution < 1.29 is 17.7 Å². The Labute approximate surface area is 139 Å². The van der Waals surface area contributed by atoms with E-state index in [4.69, 9.17) is 4.52 Å². The number of para-hydroxylation sites is 2. The smallest absolute Gasteiger partial charge is 0.337 e. The summed E-state index contributed by atoms with van der Waals surface area (Å²) in [7, 11) is 0. The van der Waals surface area contributed by atoms with Crippen molar-refractivity contribution in [1.82, 2.24) is 19.7 Å². The van der Waals surface area contributed by atoms with E-state index in [2.05, 4.69) is 15.1 Å². The number of rotatable bonds is 3. The zero-order chi connectivity index (χ0) is 17.4. The first-order valence-corrected chi connectivity index (χ1v) is 7.43. The number of nitrogens with zero attached hydrogens (tertiary/aromatic N) is 4. The summed E-state index contributed by atoms with van der Waals surface area (Å²) < 4.78 is 44.6. The van der Waals surface area contributed by atoms with Gasteiger partial charge < -0.3 is 9.09 Å². The standard InChI is InChI=1S/C17H11F3N4O/c18-17(19,20)16-22-14(25-23-16)10-24-13-9-5-4-8-12(13)21-15(24)11-6-2-1-3-7-11/h1-9H,10H2. The van der Waals surface area contributed by atoms with Crippen molar-refractivity contribution >= 4 is 11.0 Å². The molecule has 2 aromatic carbocycles. The summed E-state index contributed by atoms with van der Waals surface area (Å²) in [6.07, 6.45) is -4.64. The molecule has 0 amide bonds. The molecule has 4 rings (SSSR count). The molecule has 0 radical (unpaired) electrons. The number of hydrogen-bond donors (Lipinski definition) is 0. The quantitative estimate of drug-likeness (QED) is 0.560. The Kier molecular flexibility index (Phi) is 3.52. The summed E-state index contributed by atoms with van der Waals surface area (Å²) in [4.78, 5) is 8.03. The molecule has 2 heterocycles. The van der Waals surface area contributed by atoms with Gasteiger partial charge in [-0.05, 0) is 12.1 Å². The fraction of sp³-hybridized carbons (Fsp3) is 0.118. The summed E-state index contributed by atoms with van der Waals surface area (Å²) in [5.41, 5.74) is 2.35. The van der Waals surface area contributed by atoms with Crippen LogP contribution in [0.1, 0.15) is 11.7 Å². The predicted molar refractivity (Wildman–Crippen MR) is 83.6 cm³/mol. The highest BCUT2D eigenvalue weighted by molar-refractivity contribution is 5.80. The van der Waals surface area contributed by atoms with E-state index in [1.807, 2.05) is 54.6 Å². The molecule has 0 bridgehead atoms. The summed E-state index contributed by atoms with van der Waals surface area (Å²) in [5, 5.41) is 3.01. The van der Waals surface area contributed by atoms with Crippen molar-refractivity contribution in [2.45, 2.75) is 12.7 Å². The van der Waals surface area contributed by atoms with Gasteiger partial charge in [-0.1, -0.05) is 47.6 Å². The Bertz CT molecular complexity index is 1020. The van der Waals surface area contributed by atoms with E-state index in [0.29, 0.717) is 5.82 Å². The van der Waals surface area contributed by atoms with Gasteiger partial charge in [-0.2, -0.15) is 18.2 Å². The molecular formula is C17H11F3N4O. The average Bonchev–Trinajstić information content (AvgIpc) is 3.21. The molecule has 0 fully saturated rings. The van der Waals surface area contributed by atoms with E-state index in [9.17, 15) is 13.2 Å². The molecule has 4 aromatic rings. The van der Waals surface area contributed by atoms with Gasteiger partial charge >= 0.3 is 6.18 Å². The van der Waals surface area contributed by atoms with Crippen molar-refractivity contribution in [3.8, 4) is 11.4 Å². The fourth-order valence-corrected chi connectivity index (χ4v) is 2.61. The maximum absolute atomic E-state index is 12.7. The molecule has 126 valence electrons. The van der Waals surface area contributed by atoms with Crippen LogP contribution in [0, 0.1) is 0 Å². The lowest BCUT2D eigenvalue weighted by Crippen LogP contribution is -2.08. The Morgan fingerprint density at radius 3 is 2.36 bits per heavy atom. The second-order valence-electron chi connectivity index (χ2n) is 5.39. The minimum Gasteiger partial charge on any atom is -0.337 e. The summed E-state index contributed by atoms with van der Waals surface area (Å²) in [5.74, 6) is -0.797. The van der Waals surface area contributed by atoms with E-state index in [0.717, 1.165) is 16.6 Å². The van der Waals surface area contributed by atoms with Crippen molar-refractivity contribution in [2.24, 2.45) is 0 Å². The van der Waals surface area contributed by atoms with Crippen LogP contribution in [0.25, 0.3) is 22.4 Å². The molecule has 0 saturated heterocycles. The van der Waals surface area contributed by atoms with Gasteiger partial charge in [0, 0.05) is 5.56 Å². The van der Waals surface area contributed by atoms with Crippen LogP contribution >= 0.6 is 0 Å². The Morgan fingerprint density at radius 2 is 1.64 bits per heavy atom. The molecule has 2 aromatic heterocycles. The summed E-state index contributed by atoms with van der Waals surface area (Å²) in [6.45, 7) is -0.00613. The van der Waals surface area contributed by atoms with Gasteiger partial charge in [-0.3, -0.25) is 0 Å². The largest absolute Gasteiger partial charge is 0.455 e. The molecular weight excluding hydrogens is 333 g/mol. The van der Waals surface area contributed by atoms with Crippen LogP contribution in [0.4, 0.5) is 13.2 Å². The van der Waals surface area contributed by atoms with Crippen LogP contribution in [0.5, 0.6) is 0 Å². The minimum absolute atomic E-state index is 0.00613.